The lowest BCUT2D eigenvalue weighted by Crippen LogP contribution is -2.21. The molecule has 1 atom stereocenters. The van der Waals surface area contributed by atoms with Crippen LogP contribution in [0.5, 0.6) is 0 Å². The number of hydrogen-bond acceptors (Lipinski definition) is 2. The molecule has 13 heavy (non-hydrogen) atoms. The quantitative estimate of drug-likeness (QED) is 0.429. The van der Waals surface area contributed by atoms with E-state index in [1.165, 1.54) is 6.92 Å². The van der Waals surface area contributed by atoms with Gasteiger partial charge in [-0.15, -0.1) is 0 Å². The van der Waals surface area contributed by atoms with E-state index < -0.39 is 11.9 Å². The summed E-state index contributed by atoms with van der Waals surface area (Å²) in [5.41, 5.74) is 0. The number of Topliss-reactive ketones (excluding diaryl/α,β-unsaturated/α-hetero) is 1. The van der Waals surface area contributed by atoms with Crippen LogP contribution < -0.4 is 0 Å². The van der Waals surface area contributed by atoms with Gasteiger partial charge < -0.3 is 5.11 Å². The molecular formula is C9H15BrO3. The number of ketones is 1. The van der Waals surface area contributed by atoms with Crippen LogP contribution in [0.2, 0.25) is 0 Å². The number of carboxylic acid groups (broad SMARTS) is 1. The van der Waals surface area contributed by atoms with Crippen LogP contribution in [0.25, 0.3) is 0 Å². The van der Waals surface area contributed by atoms with Crippen LogP contribution in [0.15, 0.2) is 0 Å². The maximum absolute atomic E-state index is 10.9. The van der Waals surface area contributed by atoms with E-state index in [1.807, 2.05) is 0 Å². The van der Waals surface area contributed by atoms with Gasteiger partial charge >= 0.3 is 5.97 Å². The van der Waals surface area contributed by atoms with Crippen molar-refractivity contribution >= 4 is 27.7 Å². The molecule has 4 heteroatoms. The molecule has 0 amide bonds. The van der Waals surface area contributed by atoms with Crippen molar-refractivity contribution in [1.82, 2.24) is 0 Å². The first-order chi connectivity index (χ1) is 6.09. The summed E-state index contributed by atoms with van der Waals surface area (Å²) < 4.78 is 0. The van der Waals surface area contributed by atoms with Crippen LogP contribution in [0.3, 0.4) is 0 Å². The summed E-state index contributed by atoms with van der Waals surface area (Å²) in [6, 6.07) is 0. The summed E-state index contributed by atoms with van der Waals surface area (Å²) in [5.74, 6) is -2.03. The predicted molar refractivity (Wildman–Crippen MR) is 54.1 cm³/mol. The van der Waals surface area contributed by atoms with Crippen LogP contribution >= 0.6 is 15.9 Å². The van der Waals surface area contributed by atoms with Gasteiger partial charge in [-0.2, -0.15) is 0 Å². The molecule has 0 fully saturated rings. The molecule has 0 saturated heterocycles. The first kappa shape index (κ1) is 12.6. The highest BCUT2D eigenvalue weighted by atomic mass is 79.9. The topological polar surface area (TPSA) is 54.4 Å². The Bertz CT molecular complexity index is 166. The van der Waals surface area contributed by atoms with Crippen molar-refractivity contribution in [2.24, 2.45) is 5.92 Å². The zero-order valence-electron chi connectivity index (χ0n) is 7.75. The van der Waals surface area contributed by atoms with Crippen molar-refractivity contribution in [3.8, 4) is 0 Å². The van der Waals surface area contributed by atoms with E-state index >= 15 is 0 Å². The maximum Gasteiger partial charge on any atom is 0.314 e. The van der Waals surface area contributed by atoms with E-state index in [4.69, 9.17) is 5.11 Å². The number of aliphatic carboxylic acids is 1. The number of alkyl halides is 1. The minimum absolute atomic E-state index is 0.244. The Kier molecular flexibility index (Phi) is 6.86. The molecule has 0 heterocycles. The van der Waals surface area contributed by atoms with E-state index in [9.17, 15) is 9.59 Å². The monoisotopic (exact) mass is 250 g/mol. The van der Waals surface area contributed by atoms with Crippen molar-refractivity contribution < 1.29 is 14.7 Å². The fourth-order valence-corrected chi connectivity index (χ4v) is 1.52. The highest BCUT2D eigenvalue weighted by Gasteiger charge is 2.21. The summed E-state index contributed by atoms with van der Waals surface area (Å²) in [6.45, 7) is 1.34. The number of carbonyl (C=O) groups excluding carboxylic acids is 1. The summed E-state index contributed by atoms with van der Waals surface area (Å²) in [6.07, 6.45) is 3.28. The molecule has 0 aromatic carbocycles. The highest BCUT2D eigenvalue weighted by Crippen LogP contribution is 2.11. The second-order valence-corrected chi connectivity index (χ2v) is 3.83. The maximum atomic E-state index is 10.9. The van der Waals surface area contributed by atoms with Crippen molar-refractivity contribution in [1.29, 1.82) is 0 Å². The molecule has 0 rings (SSSR count). The summed E-state index contributed by atoms with van der Waals surface area (Å²) in [4.78, 5) is 21.4. The molecule has 76 valence electrons. The van der Waals surface area contributed by atoms with E-state index in [0.717, 1.165) is 24.6 Å². The zero-order valence-corrected chi connectivity index (χ0v) is 9.34. The molecule has 0 aromatic rings. The molecule has 0 radical (unpaired) electrons. The Balaban J connectivity index is 3.71. The predicted octanol–water partition coefficient (Wildman–Crippen LogP) is 2.23. The standard InChI is InChI=1S/C9H15BrO3/c1-7(11)8(9(12)13)5-3-2-4-6-10/h8H,2-6H2,1H3,(H,12,13). The van der Waals surface area contributed by atoms with Crippen LogP contribution in [0, 0.1) is 5.92 Å². The molecule has 0 spiro atoms. The number of halogens is 1. The third-order valence-corrected chi connectivity index (χ3v) is 2.48. The lowest BCUT2D eigenvalue weighted by molar-refractivity contribution is -0.146. The van der Waals surface area contributed by atoms with Crippen LogP contribution in [0.1, 0.15) is 32.6 Å². The smallest absolute Gasteiger partial charge is 0.314 e. The SMILES string of the molecule is CC(=O)C(CCCCCBr)C(=O)O. The van der Waals surface area contributed by atoms with Crippen molar-refractivity contribution in [2.45, 2.75) is 32.6 Å². The van der Waals surface area contributed by atoms with Gasteiger partial charge in [0.1, 0.15) is 11.7 Å². The lowest BCUT2D eigenvalue weighted by Gasteiger charge is -2.07. The fourth-order valence-electron chi connectivity index (χ4n) is 1.12. The van der Waals surface area contributed by atoms with Gasteiger partial charge in [-0.1, -0.05) is 28.8 Å². The average molecular weight is 251 g/mol. The van der Waals surface area contributed by atoms with Gasteiger partial charge in [-0.3, -0.25) is 9.59 Å². The first-order valence-corrected chi connectivity index (χ1v) is 5.51. The summed E-state index contributed by atoms with van der Waals surface area (Å²) in [7, 11) is 0. The Morgan fingerprint density at radius 3 is 2.31 bits per heavy atom. The highest BCUT2D eigenvalue weighted by molar-refractivity contribution is 9.09. The molecular weight excluding hydrogens is 236 g/mol. The lowest BCUT2D eigenvalue weighted by atomic mass is 9.98. The summed E-state index contributed by atoms with van der Waals surface area (Å²) >= 11 is 3.29. The van der Waals surface area contributed by atoms with Crippen LogP contribution in [0.4, 0.5) is 0 Å². The van der Waals surface area contributed by atoms with Gasteiger partial charge in [-0.25, -0.2) is 0 Å². The van der Waals surface area contributed by atoms with E-state index in [1.54, 1.807) is 0 Å². The van der Waals surface area contributed by atoms with E-state index in [-0.39, 0.29) is 5.78 Å². The Hall–Kier alpha value is -0.380. The van der Waals surface area contributed by atoms with Gasteiger partial charge in [0, 0.05) is 5.33 Å². The van der Waals surface area contributed by atoms with Crippen LogP contribution in [-0.2, 0) is 9.59 Å². The minimum Gasteiger partial charge on any atom is -0.481 e. The van der Waals surface area contributed by atoms with E-state index in [2.05, 4.69) is 15.9 Å². The summed E-state index contributed by atoms with van der Waals surface area (Å²) in [5, 5.41) is 9.61. The first-order valence-electron chi connectivity index (χ1n) is 4.38. The number of carboxylic acids is 1. The number of hydrogen-bond donors (Lipinski definition) is 1. The third kappa shape index (κ3) is 5.80. The van der Waals surface area contributed by atoms with Crippen molar-refractivity contribution in [3.63, 3.8) is 0 Å². The number of carbonyl (C=O) groups is 2. The van der Waals surface area contributed by atoms with Crippen molar-refractivity contribution in [3.05, 3.63) is 0 Å². The Labute approximate surface area is 86.6 Å². The van der Waals surface area contributed by atoms with Gasteiger partial charge in [0.2, 0.25) is 0 Å². The average Bonchev–Trinajstić information content (AvgIpc) is 2.02. The largest absolute Gasteiger partial charge is 0.481 e. The number of rotatable bonds is 7. The normalized spacial score (nSPS) is 12.5. The molecule has 1 N–H and O–H groups in total. The van der Waals surface area contributed by atoms with Gasteiger partial charge in [-0.05, 0) is 19.8 Å². The molecule has 1 unspecified atom stereocenters. The molecule has 0 aromatic heterocycles. The third-order valence-electron chi connectivity index (χ3n) is 1.92. The second-order valence-electron chi connectivity index (χ2n) is 3.04. The Morgan fingerprint density at radius 2 is 1.92 bits per heavy atom. The molecule has 0 aliphatic rings. The minimum atomic E-state index is -0.994. The fraction of sp³-hybridized carbons (Fsp3) is 0.778. The van der Waals surface area contributed by atoms with Crippen LogP contribution in [-0.4, -0.2) is 22.2 Å². The molecule has 0 aliphatic carbocycles. The van der Waals surface area contributed by atoms with Crippen molar-refractivity contribution in [2.75, 3.05) is 5.33 Å². The second kappa shape index (κ2) is 7.06. The Morgan fingerprint density at radius 1 is 1.31 bits per heavy atom. The number of unbranched alkanes of at least 4 members (excludes halogenated alkanes) is 2. The van der Waals surface area contributed by atoms with E-state index in [0.29, 0.717) is 6.42 Å². The van der Waals surface area contributed by atoms with Gasteiger partial charge in [0.25, 0.3) is 0 Å². The van der Waals surface area contributed by atoms with Gasteiger partial charge in [0.05, 0.1) is 0 Å². The molecule has 0 aliphatic heterocycles. The van der Waals surface area contributed by atoms with Gasteiger partial charge in [0.15, 0.2) is 0 Å². The molecule has 0 saturated carbocycles. The molecule has 0 bridgehead atoms. The zero-order chi connectivity index (χ0) is 10.3. The molecule has 3 nitrogen and oxygen atoms in total.